The molecule has 0 unspecified atom stereocenters. The smallest absolute Gasteiger partial charge is 0.343 e. The number of hydrogen-bond acceptors (Lipinski definition) is 5. The van der Waals surface area contributed by atoms with Crippen molar-refractivity contribution < 1.29 is 18.0 Å². The minimum absolute atomic E-state index is 0.00913. The van der Waals surface area contributed by atoms with E-state index in [1.54, 1.807) is 18.1 Å². The third kappa shape index (κ3) is 4.36. The Morgan fingerprint density at radius 1 is 1.36 bits per heavy atom. The van der Waals surface area contributed by atoms with E-state index in [9.17, 15) is 18.0 Å². The largest absolute Gasteiger partial charge is 0.434 e. The predicted molar refractivity (Wildman–Crippen MR) is 85.0 cm³/mol. The van der Waals surface area contributed by atoms with Crippen LogP contribution < -0.4 is 0 Å². The highest BCUT2D eigenvalue weighted by Gasteiger charge is 2.35. The van der Waals surface area contributed by atoms with Crippen LogP contribution in [0.25, 0.3) is 0 Å². The summed E-state index contributed by atoms with van der Waals surface area (Å²) in [5.41, 5.74) is -0.0526. The lowest BCUT2D eigenvalue weighted by Crippen LogP contribution is -2.38. The summed E-state index contributed by atoms with van der Waals surface area (Å²) in [6, 6.07) is 0. The van der Waals surface area contributed by atoms with Gasteiger partial charge in [-0.05, 0) is 12.8 Å². The van der Waals surface area contributed by atoms with Crippen LogP contribution in [-0.2, 0) is 24.4 Å². The maximum absolute atomic E-state index is 12.6. The van der Waals surface area contributed by atoms with E-state index in [0.29, 0.717) is 43.8 Å². The van der Waals surface area contributed by atoms with Crippen LogP contribution in [0.3, 0.4) is 0 Å². The van der Waals surface area contributed by atoms with Crippen LogP contribution in [0.5, 0.6) is 0 Å². The SMILES string of the molecule is Cn1ncc(CCC(=O)N2CCC(c3nc(C(F)(F)F)cs3)CC2)n1. The van der Waals surface area contributed by atoms with Crippen molar-refractivity contribution in [3.63, 3.8) is 0 Å². The Hall–Kier alpha value is -1.97. The fourth-order valence-electron chi connectivity index (χ4n) is 2.88. The van der Waals surface area contributed by atoms with Gasteiger partial charge in [0.05, 0.1) is 16.9 Å². The van der Waals surface area contributed by atoms with Crippen molar-refractivity contribution >= 4 is 17.2 Å². The maximum atomic E-state index is 12.6. The molecule has 0 N–H and O–H groups in total. The van der Waals surface area contributed by atoms with Gasteiger partial charge in [0.25, 0.3) is 0 Å². The number of halogens is 3. The summed E-state index contributed by atoms with van der Waals surface area (Å²) in [7, 11) is 1.72. The summed E-state index contributed by atoms with van der Waals surface area (Å²) in [5.74, 6) is 0.0318. The summed E-state index contributed by atoms with van der Waals surface area (Å²) >= 11 is 1.05. The molecule has 10 heteroatoms. The molecule has 0 aromatic carbocycles. The molecule has 3 heterocycles. The molecule has 0 saturated carbocycles. The van der Waals surface area contributed by atoms with Crippen molar-refractivity contribution in [2.75, 3.05) is 13.1 Å². The van der Waals surface area contributed by atoms with Gasteiger partial charge in [0.15, 0.2) is 5.69 Å². The zero-order valence-electron chi connectivity index (χ0n) is 13.7. The van der Waals surface area contributed by atoms with E-state index in [0.717, 1.165) is 22.4 Å². The first-order valence-electron chi connectivity index (χ1n) is 7.98. The number of aryl methyl sites for hydroxylation is 2. The van der Waals surface area contributed by atoms with Crippen molar-refractivity contribution in [3.05, 3.63) is 28.0 Å². The van der Waals surface area contributed by atoms with E-state index in [1.807, 2.05) is 0 Å². The monoisotopic (exact) mass is 373 g/mol. The lowest BCUT2D eigenvalue weighted by molar-refractivity contribution is -0.140. The normalized spacial score (nSPS) is 16.4. The lowest BCUT2D eigenvalue weighted by Gasteiger charge is -2.31. The Morgan fingerprint density at radius 3 is 2.64 bits per heavy atom. The second kappa shape index (κ2) is 7.11. The van der Waals surface area contributed by atoms with Gasteiger partial charge in [0.2, 0.25) is 5.91 Å². The molecule has 1 aliphatic heterocycles. The first-order valence-corrected chi connectivity index (χ1v) is 8.86. The number of likely N-dealkylation sites (tertiary alicyclic amines) is 1. The number of amides is 1. The number of thiazole rings is 1. The summed E-state index contributed by atoms with van der Waals surface area (Å²) in [5, 5.41) is 9.68. The molecule has 3 rings (SSSR count). The fraction of sp³-hybridized carbons (Fsp3) is 0.600. The number of aromatic nitrogens is 4. The zero-order chi connectivity index (χ0) is 18.0. The van der Waals surface area contributed by atoms with Crippen LogP contribution >= 0.6 is 11.3 Å². The molecule has 0 aliphatic carbocycles. The topological polar surface area (TPSA) is 63.9 Å². The Labute approximate surface area is 146 Å². The molecule has 1 fully saturated rings. The van der Waals surface area contributed by atoms with E-state index in [4.69, 9.17) is 0 Å². The van der Waals surface area contributed by atoms with Gasteiger partial charge in [-0.15, -0.1) is 11.3 Å². The van der Waals surface area contributed by atoms with Crippen LogP contribution in [0.2, 0.25) is 0 Å². The van der Waals surface area contributed by atoms with Crippen molar-refractivity contribution in [1.82, 2.24) is 24.9 Å². The van der Waals surface area contributed by atoms with Gasteiger partial charge in [-0.25, -0.2) is 4.98 Å². The average molecular weight is 373 g/mol. The highest BCUT2D eigenvalue weighted by atomic mass is 32.1. The molecule has 0 spiro atoms. The first-order chi connectivity index (χ1) is 11.8. The number of alkyl halides is 3. The number of hydrogen-bond donors (Lipinski definition) is 0. The minimum atomic E-state index is -4.40. The number of carbonyl (C=O) groups is 1. The first kappa shape index (κ1) is 17.8. The zero-order valence-corrected chi connectivity index (χ0v) is 14.5. The molecule has 2 aromatic heterocycles. The highest BCUT2D eigenvalue weighted by Crippen LogP contribution is 2.35. The summed E-state index contributed by atoms with van der Waals surface area (Å²) in [6.07, 6.45) is -0.581. The molecular weight excluding hydrogens is 355 g/mol. The van der Waals surface area contributed by atoms with E-state index in [2.05, 4.69) is 15.2 Å². The summed E-state index contributed by atoms with van der Waals surface area (Å²) < 4.78 is 37.9. The molecular formula is C15H18F3N5OS. The van der Waals surface area contributed by atoms with E-state index in [-0.39, 0.29) is 11.8 Å². The number of rotatable bonds is 4. The van der Waals surface area contributed by atoms with Gasteiger partial charge in [-0.3, -0.25) is 4.79 Å². The molecule has 136 valence electrons. The van der Waals surface area contributed by atoms with E-state index < -0.39 is 11.9 Å². The molecule has 0 bridgehead atoms. The fourth-order valence-corrected chi connectivity index (χ4v) is 3.87. The second-order valence-corrected chi connectivity index (χ2v) is 6.94. The van der Waals surface area contributed by atoms with E-state index in [1.165, 1.54) is 4.80 Å². The molecule has 1 amide bonds. The average Bonchev–Trinajstić information content (AvgIpc) is 3.21. The van der Waals surface area contributed by atoms with Gasteiger partial charge in [-0.2, -0.15) is 28.2 Å². The molecule has 2 aromatic rings. The maximum Gasteiger partial charge on any atom is 0.434 e. The third-order valence-corrected chi connectivity index (χ3v) is 5.26. The Kier molecular flexibility index (Phi) is 5.07. The molecule has 0 atom stereocenters. The molecule has 1 saturated heterocycles. The van der Waals surface area contributed by atoms with Gasteiger partial charge >= 0.3 is 6.18 Å². The third-order valence-electron chi connectivity index (χ3n) is 4.25. The molecule has 1 aliphatic rings. The molecule has 0 radical (unpaired) electrons. The Morgan fingerprint density at radius 2 is 2.08 bits per heavy atom. The second-order valence-electron chi connectivity index (χ2n) is 6.05. The van der Waals surface area contributed by atoms with Crippen LogP contribution in [0.4, 0.5) is 13.2 Å². The van der Waals surface area contributed by atoms with Gasteiger partial charge < -0.3 is 4.90 Å². The molecule has 25 heavy (non-hydrogen) atoms. The number of nitrogens with zero attached hydrogens (tertiary/aromatic N) is 5. The molecule has 6 nitrogen and oxygen atoms in total. The van der Waals surface area contributed by atoms with Crippen molar-refractivity contribution in [2.24, 2.45) is 7.05 Å². The quantitative estimate of drug-likeness (QED) is 0.827. The van der Waals surface area contributed by atoms with Gasteiger partial charge in [0.1, 0.15) is 0 Å². The summed E-state index contributed by atoms with van der Waals surface area (Å²) in [6.45, 7) is 1.09. The van der Waals surface area contributed by atoms with Gasteiger partial charge in [0, 0.05) is 44.3 Å². The van der Waals surface area contributed by atoms with Crippen molar-refractivity contribution in [2.45, 2.75) is 37.8 Å². The summed E-state index contributed by atoms with van der Waals surface area (Å²) in [4.78, 5) is 19.2. The van der Waals surface area contributed by atoms with Crippen molar-refractivity contribution in [1.29, 1.82) is 0 Å². The number of piperidine rings is 1. The Bertz CT molecular complexity index is 734. The van der Waals surface area contributed by atoms with Crippen LogP contribution in [-0.4, -0.2) is 43.9 Å². The standard InChI is InChI=1S/C15H18F3N5OS/c1-22-19-8-11(21-22)2-3-13(24)23-6-4-10(5-7-23)14-20-12(9-25-14)15(16,17)18/h8-10H,2-7H2,1H3. The minimum Gasteiger partial charge on any atom is -0.343 e. The lowest BCUT2D eigenvalue weighted by atomic mass is 9.97. The van der Waals surface area contributed by atoms with Crippen molar-refractivity contribution in [3.8, 4) is 0 Å². The van der Waals surface area contributed by atoms with Crippen LogP contribution in [0.15, 0.2) is 11.6 Å². The van der Waals surface area contributed by atoms with Gasteiger partial charge in [-0.1, -0.05) is 0 Å². The number of carbonyl (C=O) groups excluding carboxylic acids is 1. The van der Waals surface area contributed by atoms with Crippen LogP contribution in [0.1, 0.15) is 41.6 Å². The van der Waals surface area contributed by atoms with Crippen LogP contribution in [0, 0.1) is 0 Å². The predicted octanol–water partition coefficient (Wildman–Crippen LogP) is 2.63. The van der Waals surface area contributed by atoms with E-state index >= 15 is 0 Å². The Balaban J connectivity index is 1.49. The highest BCUT2D eigenvalue weighted by molar-refractivity contribution is 7.09.